The number of nitrogens with zero attached hydrogens (tertiary/aromatic N) is 3. The van der Waals surface area contributed by atoms with Gasteiger partial charge in [0, 0.05) is 10.9 Å². The van der Waals surface area contributed by atoms with E-state index in [2.05, 4.69) is 10.7 Å². The van der Waals surface area contributed by atoms with Crippen molar-refractivity contribution in [1.82, 2.24) is 25.3 Å². The lowest BCUT2D eigenvalue weighted by molar-refractivity contribution is -0.139. The molecule has 0 atom stereocenters. The van der Waals surface area contributed by atoms with Gasteiger partial charge in [0.15, 0.2) is 5.16 Å². The fraction of sp³-hybridized carbons (Fsp3) is 0.423. The van der Waals surface area contributed by atoms with E-state index >= 15 is 0 Å². The van der Waals surface area contributed by atoms with Crippen molar-refractivity contribution >= 4 is 51.2 Å². The van der Waals surface area contributed by atoms with Crippen LogP contribution in [0.3, 0.4) is 0 Å². The van der Waals surface area contributed by atoms with Crippen molar-refractivity contribution in [3.05, 3.63) is 45.1 Å². The van der Waals surface area contributed by atoms with Crippen molar-refractivity contribution in [1.29, 1.82) is 0 Å². The van der Waals surface area contributed by atoms with Crippen molar-refractivity contribution in [2.75, 3.05) is 12.9 Å². The SMILES string of the molecule is COc1cccc(-n2c(SCC(=O)NN3C(=O)NC4(CCCCC4)C3=O)nc3sc4c(c3c2=O)CCC4)c1. The number of nitrogens with one attached hydrogen (secondary N) is 2. The first kappa shape index (κ1) is 24.9. The predicted molar refractivity (Wildman–Crippen MR) is 144 cm³/mol. The number of aryl methyl sites for hydroxylation is 2. The van der Waals surface area contributed by atoms with Crippen molar-refractivity contribution in [2.45, 2.75) is 62.1 Å². The minimum atomic E-state index is -0.922. The summed E-state index contributed by atoms with van der Waals surface area (Å²) in [4.78, 5) is 58.9. The Morgan fingerprint density at radius 3 is 2.79 bits per heavy atom. The smallest absolute Gasteiger partial charge is 0.344 e. The molecule has 38 heavy (non-hydrogen) atoms. The Bertz CT molecular complexity index is 1520. The van der Waals surface area contributed by atoms with Gasteiger partial charge in [0.2, 0.25) is 5.91 Å². The number of thioether (sulfide) groups is 1. The Kier molecular flexibility index (Phi) is 6.39. The minimum Gasteiger partial charge on any atom is -0.497 e. The summed E-state index contributed by atoms with van der Waals surface area (Å²) >= 11 is 2.61. The van der Waals surface area contributed by atoms with E-state index in [4.69, 9.17) is 9.72 Å². The highest BCUT2D eigenvalue weighted by atomic mass is 32.2. The molecule has 1 aromatic carbocycles. The molecule has 3 heterocycles. The maximum Gasteiger partial charge on any atom is 0.344 e. The van der Waals surface area contributed by atoms with Gasteiger partial charge in [0.05, 0.1) is 23.9 Å². The maximum atomic E-state index is 13.8. The summed E-state index contributed by atoms with van der Waals surface area (Å²) in [6, 6.07) is 6.52. The van der Waals surface area contributed by atoms with Crippen LogP contribution in [0.25, 0.3) is 15.9 Å². The van der Waals surface area contributed by atoms with Crippen LogP contribution < -0.4 is 21.0 Å². The van der Waals surface area contributed by atoms with Gasteiger partial charge < -0.3 is 10.1 Å². The standard InChI is InChI=1S/C26H27N5O5S2/c1-36-16-8-5-7-15(13-16)30-22(33)20-17-9-6-10-18(17)38-21(20)27-25(30)37-14-19(32)29-31-23(34)26(28-24(31)35)11-3-2-4-12-26/h5,7-8,13H,2-4,6,9-12,14H2,1H3,(H,28,35)(H,29,32). The molecule has 1 saturated carbocycles. The topological polar surface area (TPSA) is 123 Å². The van der Waals surface area contributed by atoms with Crippen LogP contribution in [0.1, 0.15) is 49.0 Å². The number of rotatable bonds is 6. The van der Waals surface area contributed by atoms with E-state index in [1.807, 2.05) is 0 Å². The number of carbonyl (C=O) groups is 3. The summed E-state index contributed by atoms with van der Waals surface area (Å²) in [7, 11) is 1.56. The molecule has 1 aliphatic heterocycles. The highest BCUT2D eigenvalue weighted by Crippen LogP contribution is 2.36. The number of hydrazine groups is 1. The third-order valence-electron chi connectivity index (χ3n) is 7.46. The third kappa shape index (κ3) is 4.15. The Labute approximate surface area is 226 Å². The van der Waals surface area contributed by atoms with Crippen LogP contribution in [0, 0.1) is 0 Å². The molecular weight excluding hydrogens is 526 g/mol. The summed E-state index contributed by atoms with van der Waals surface area (Å²) in [6.07, 6.45) is 6.68. The van der Waals surface area contributed by atoms with E-state index in [0.717, 1.165) is 60.9 Å². The highest BCUT2D eigenvalue weighted by Gasteiger charge is 2.52. The lowest BCUT2D eigenvalue weighted by Gasteiger charge is -2.30. The van der Waals surface area contributed by atoms with Crippen molar-refractivity contribution in [3.8, 4) is 11.4 Å². The predicted octanol–water partition coefficient (Wildman–Crippen LogP) is 3.32. The number of benzene rings is 1. The van der Waals surface area contributed by atoms with Gasteiger partial charge in [-0.25, -0.2) is 9.78 Å². The first-order valence-electron chi connectivity index (χ1n) is 12.7. The average Bonchev–Trinajstić information content (AvgIpc) is 3.57. The Morgan fingerprint density at radius 2 is 2.00 bits per heavy atom. The van der Waals surface area contributed by atoms with Gasteiger partial charge >= 0.3 is 6.03 Å². The molecule has 2 aromatic heterocycles. The van der Waals surface area contributed by atoms with Crippen LogP contribution in [0.2, 0.25) is 0 Å². The molecule has 3 aliphatic rings. The van der Waals surface area contributed by atoms with Gasteiger partial charge in [0.25, 0.3) is 11.5 Å². The van der Waals surface area contributed by atoms with Crippen molar-refractivity contribution in [3.63, 3.8) is 0 Å². The molecule has 0 radical (unpaired) electrons. The molecule has 12 heteroatoms. The van der Waals surface area contributed by atoms with Gasteiger partial charge in [-0.05, 0) is 49.8 Å². The highest BCUT2D eigenvalue weighted by molar-refractivity contribution is 7.99. The van der Waals surface area contributed by atoms with E-state index in [9.17, 15) is 19.2 Å². The molecule has 4 amide bonds. The number of amides is 4. The summed E-state index contributed by atoms with van der Waals surface area (Å²) in [5.74, 6) is -0.501. The summed E-state index contributed by atoms with van der Waals surface area (Å²) < 4.78 is 6.88. The van der Waals surface area contributed by atoms with Crippen LogP contribution in [0.4, 0.5) is 4.79 Å². The number of aromatic nitrogens is 2. The molecule has 0 unspecified atom stereocenters. The number of urea groups is 1. The van der Waals surface area contributed by atoms with Gasteiger partial charge in [-0.2, -0.15) is 5.01 Å². The number of hydrogen-bond donors (Lipinski definition) is 2. The normalized spacial score (nSPS) is 18.2. The van der Waals surface area contributed by atoms with E-state index in [1.165, 1.54) is 20.8 Å². The molecule has 1 saturated heterocycles. The summed E-state index contributed by atoms with van der Waals surface area (Å²) in [5, 5.41) is 4.57. The Balaban J connectivity index is 1.28. The van der Waals surface area contributed by atoms with E-state index < -0.39 is 23.4 Å². The van der Waals surface area contributed by atoms with Crippen LogP contribution in [-0.2, 0) is 22.4 Å². The lowest BCUT2D eigenvalue weighted by Crippen LogP contribution is -2.51. The number of methoxy groups -OCH3 is 1. The molecule has 2 fully saturated rings. The van der Waals surface area contributed by atoms with E-state index in [-0.39, 0.29) is 11.3 Å². The molecular formula is C26H27N5O5S2. The van der Waals surface area contributed by atoms with E-state index in [1.54, 1.807) is 31.4 Å². The quantitative estimate of drug-likeness (QED) is 0.273. The first-order valence-corrected chi connectivity index (χ1v) is 14.5. The molecule has 2 aliphatic carbocycles. The first-order chi connectivity index (χ1) is 18.4. The van der Waals surface area contributed by atoms with Crippen LogP contribution in [-0.4, -0.2) is 50.8 Å². The zero-order valence-corrected chi connectivity index (χ0v) is 22.5. The van der Waals surface area contributed by atoms with Crippen LogP contribution in [0.5, 0.6) is 5.75 Å². The molecule has 2 N–H and O–H groups in total. The fourth-order valence-electron chi connectivity index (χ4n) is 5.60. The number of ether oxygens (including phenoxy) is 1. The number of imide groups is 1. The molecule has 198 valence electrons. The van der Waals surface area contributed by atoms with Gasteiger partial charge in [-0.3, -0.25) is 24.4 Å². The zero-order valence-electron chi connectivity index (χ0n) is 20.9. The fourth-order valence-corrected chi connectivity index (χ4v) is 7.71. The second-order valence-electron chi connectivity index (χ2n) is 9.81. The summed E-state index contributed by atoms with van der Waals surface area (Å²) in [5.41, 5.74) is 3.01. The number of fused-ring (bicyclic) bond motifs is 3. The molecule has 0 bridgehead atoms. The largest absolute Gasteiger partial charge is 0.497 e. The second-order valence-corrected chi connectivity index (χ2v) is 11.8. The number of thiophene rings is 1. The zero-order chi connectivity index (χ0) is 26.4. The monoisotopic (exact) mass is 553 g/mol. The molecule has 6 rings (SSSR count). The van der Waals surface area contributed by atoms with Gasteiger partial charge in [-0.1, -0.05) is 37.1 Å². The molecule has 1 spiro atoms. The second kappa shape index (κ2) is 9.73. The average molecular weight is 554 g/mol. The van der Waals surface area contributed by atoms with Gasteiger partial charge in [-0.15, -0.1) is 11.3 Å². The van der Waals surface area contributed by atoms with E-state index in [0.29, 0.717) is 39.7 Å². The number of hydrogen-bond acceptors (Lipinski definition) is 8. The molecule has 3 aromatic rings. The third-order valence-corrected chi connectivity index (χ3v) is 9.58. The maximum absolute atomic E-state index is 13.8. The number of carbonyl (C=O) groups excluding carboxylic acids is 3. The van der Waals surface area contributed by atoms with Crippen molar-refractivity contribution < 1.29 is 19.1 Å². The lowest BCUT2D eigenvalue weighted by atomic mass is 9.82. The Morgan fingerprint density at radius 1 is 1.18 bits per heavy atom. The minimum absolute atomic E-state index is 0.142. The molecule has 10 nitrogen and oxygen atoms in total. The van der Waals surface area contributed by atoms with Gasteiger partial charge in [0.1, 0.15) is 16.1 Å². The van der Waals surface area contributed by atoms with Crippen LogP contribution in [0.15, 0.2) is 34.2 Å². The Hall–Kier alpha value is -3.38. The van der Waals surface area contributed by atoms with Crippen LogP contribution >= 0.6 is 23.1 Å². The summed E-state index contributed by atoms with van der Waals surface area (Å²) in [6.45, 7) is 0. The van der Waals surface area contributed by atoms with Crippen molar-refractivity contribution in [2.24, 2.45) is 0 Å².